The Morgan fingerprint density at radius 2 is 1.70 bits per heavy atom. The predicted molar refractivity (Wildman–Crippen MR) is 89.3 cm³/mol. The van der Waals surface area contributed by atoms with Gasteiger partial charge in [0.25, 0.3) is 0 Å². The lowest BCUT2D eigenvalue weighted by molar-refractivity contribution is 0.653. The van der Waals surface area contributed by atoms with Gasteiger partial charge < -0.3 is 9.80 Å². The molecule has 1 heterocycles. The van der Waals surface area contributed by atoms with Crippen LogP contribution in [0.2, 0.25) is 5.28 Å². The van der Waals surface area contributed by atoms with Crippen LogP contribution in [0.5, 0.6) is 0 Å². The molecule has 0 saturated heterocycles. The van der Waals surface area contributed by atoms with E-state index in [2.05, 4.69) is 51.8 Å². The smallest absolute Gasteiger partial charge is 0.231 e. The van der Waals surface area contributed by atoms with Crippen LogP contribution in [0.3, 0.4) is 0 Å². The largest absolute Gasteiger partial charge is 0.341 e. The normalized spacial score (nSPS) is 12.3. The summed E-state index contributed by atoms with van der Waals surface area (Å²) in [7, 11) is 2.02. The average Bonchev–Trinajstić information content (AvgIpc) is 2.44. The van der Waals surface area contributed by atoms with Crippen molar-refractivity contribution in [3.63, 3.8) is 0 Å². The van der Waals surface area contributed by atoms with Gasteiger partial charge in [0, 0.05) is 31.9 Å². The molecule has 1 rings (SSSR count). The fourth-order valence-corrected chi connectivity index (χ4v) is 2.99. The molecule has 114 valence electrons. The Morgan fingerprint density at radius 3 is 2.20 bits per heavy atom. The molecule has 0 aromatic carbocycles. The van der Waals surface area contributed by atoms with Crippen molar-refractivity contribution in [3.05, 3.63) is 5.28 Å². The van der Waals surface area contributed by atoms with Crippen LogP contribution >= 0.6 is 23.4 Å². The van der Waals surface area contributed by atoms with Gasteiger partial charge in [-0.3, -0.25) is 0 Å². The molecule has 7 heteroatoms. The van der Waals surface area contributed by atoms with E-state index in [-0.39, 0.29) is 5.28 Å². The summed E-state index contributed by atoms with van der Waals surface area (Å²) in [6.45, 7) is 8.02. The van der Waals surface area contributed by atoms with E-state index in [9.17, 15) is 0 Å². The number of nitrogens with zero attached hydrogens (tertiary/aromatic N) is 5. The second-order valence-corrected chi connectivity index (χ2v) is 5.75. The minimum Gasteiger partial charge on any atom is -0.341 e. The zero-order valence-corrected chi connectivity index (χ0v) is 14.5. The molecule has 0 fully saturated rings. The van der Waals surface area contributed by atoms with Gasteiger partial charge in [0.2, 0.25) is 17.2 Å². The molecular weight excluding hydrogens is 294 g/mol. The van der Waals surface area contributed by atoms with Crippen LogP contribution in [0.4, 0.5) is 11.9 Å². The summed E-state index contributed by atoms with van der Waals surface area (Å²) < 4.78 is 0. The quantitative estimate of drug-likeness (QED) is 0.734. The standard InChI is InChI=1S/C13H24ClN5S/c1-6-10(9-20-5)18(4)12-15-11(14)16-13(17-12)19(7-2)8-3/h10H,6-9H2,1-5H3. The van der Waals surface area contributed by atoms with Crippen LogP contribution in [0.1, 0.15) is 27.2 Å². The summed E-state index contributed by atoms with van der Waals surface area (Å²) in [6, 6.07) is 0.396. The van der Waals surface area contributed by atoms with E-state index < -0.39 is 0 Å². The summed E-state index contributed by atoms with van der Waals surface area (Å²) in [5, 5.41) is 0.253. The van der Waals surface area contributed by atoms with Crippen molar-refractivity contribution in [1.29, 1.82) is 0 Å². The fraction of sp³-hybridized carbons (Fsp3) is 0.769. The van der Waals surface area contributed by atoms with Crippen molar-refractivity contribution in [2.75, 3.05) is 41.9 Å². The summed E-state index contributed by atoms with van der Waals surface area (Å²) in [5.74, 6) is 2.33. The Kier molecular flexibility index (Phi) is 7.37. The Morgan fingerprint density at radius 1 is 1.10 bits per heavy atom. The molecule has 0 spiro atoms. The number of hydrogen-bond donors (Lipinski definition) is 0. The topological polar surface area (TPSA) is 45.2 Å². The minimum atomic E-state index is 0.253. The second-order valence-electron chi connectivity index (χ2n) is 4.51. The van der Waals surface area contributed by atoms with Crippen molar-refractivity contribution >= 4 is 35.3 Å². The Hall–Kier alpha value is -0.750. The van der Waals surface area contributed by atoms with Gasteiger partial charge in [-0.25, -0.2) is 0 Å². The van der Waals surface area contributed by atoms with Gasteiger partial charge in [-0.2, -0.15) is 26.7 Å². The van der Waals surface area contributed by atoms with E-state index in [1.807, 2.05) is 18.8 Å². The third kappa shape index (κ3) is 4.38. The molecule has 0 amide bonds. The van der Waals surface area contributed by atoms with Gasteiger partial charge in [0.15, 0.2) is 0 Å². The monoisotopic (exact) mass is 317 g/mol. The van der Waals surface area contributed by atoms with E-state index >= 15 is 0 Å². The third-order valence-corrected chi connectivity index (χ3v) is 4.21. The van der Waals surface area contributed by atoms with Crippen LogP contribution in [0.15, 0.2) is 0 Å². The fourth-order valence-electron chi connectivity index (χ4n) is 1.99. The highest BCUT2D eigenvalue weighted by Gasteiger charge is 2.18. The molecule has 20 heavy (non-hydrogen) atoms. The molecule has 0 radical (unpaired) electrons. The lowest BCUT2D eigenvalue weighted by Crippen LogP contribution is -2.35. The number of aromatic nitrogens is 3. The lowest BCUT2D eigenvalue weighted by Gasteiger charge is -2.27. The molecule has 1 atom stereocenters. The van der Waals surface area contributed by atoms with Gasteiger partial charge in [-0.1, -0.05) is 6.92 Å². The van der Waals surface area contributed by atoms with E-state index in [4.69, 9.17) is 11.6 Å². The maximum absolute atomic E-state index is 6.06. The lowest BCUT2D eigenvalue weighted by atomic mass is 10.2. The van der Waals surface area contributed by atoms with E-state index in [1.54, 1.807) is 0 Å². The summed E-state index contributed by atoms with van der Waals surface area (Å²) in [6.07, 6.45) is 3.15. The Bertz CT molecular complexity index is 414. The molecule has 0 bridgehead atoms. The second kappa shape index (κ2) is 8.52. The molecule has 0 aliphatic carbocycles. The van der Waals surface area contributed by atoms with Crippen molar-refractivity contribution in [1.82, 2.24) is 15.0 Å². The number of halogens is 1. The maximum Gasteiger partial charge on any atom is 0.231 e. The maximum atomic E-state index is 6.06. The van der Waals surface area contributed by atoms with Crippen molar-refractivity contribution in [3.8, 4) is 0 Å². The van der Waals surface area contributed by atoms with E-state index in [1.165, 1.54) is 0 Å². The van der Waals surface area contributed by atoms with Gasteiger partial charge in [-0.05, 0) is 38.1 Å². The molecule has 0 N–H and O–H groups in total. The first-order chi connectivity index (χ1) is 9.57. The molecule has 0 aliphatic heterocycles. The number of hydrogen-bond acceptors (Lipinski definition) is 6. The summed E-state index contributed by atoms with van der Waals surface area (Å²) >= 11 is 7.88. The molecule has 5 nitrogen and oxygen atoms in total. The SMILES string of the molecule is CCC(CSC)N(C)c1nc(Cl)nc(N(CC)CC)n1. The molecule has 0 saturated carbocycles. The van der Waals surface area contributed by atoms with Crippen LogP contribution in [-0.4, -0.2) is 53.1 Å². The third-order valence-electron chi connectivity index (χ3n) is 3.32. The van der Waals surface area contributed by atoms with Crippen molar-refractivity contribution in [2.24, 2.45) is 0 Å². The number of thioether (sulfide) groups is 1. The van der Waals surface area contributed by atoms with Crippen LogP contribution in [-0.2, 0) is 0 Å². The number of rotatable bonds is 8. The van der Waals surface area contributed by atoms with E-state index in [0.29, 0.717) is 17.9 Å². The summed E-state index contributed by atoms with van der Waals surface area (Å²) in [4.78, 5) is 17.2. The Labute approximate surface area is 131 Å². The number of anilines is 2. The van der Waals surface area contributed by atoms with E-state index in [0.717, 1.165) is 25.3 Å². The molecular formula is C13H24ClN5S. The highest BCUT2D eigenvalue weighted by molar-refractivity contribution is 7.98. The van der Waals surface area contributed by atoms with Gasteiger partial charge in [0.05, 0.1) is 0 Å². The van der Waals surface area contributed by atoms with Crippen LogP contribution in [0, 0.1) is 0 Å². The van der Waals surface area contributed by atoms with Crippen LogP contribution in [0.25, 0.3) is 0 Å². The Balaban J connectivity index is 3.05. The average molecular weight is 318 g/mol. The highest BCUT2D eigenvalue weighted by atomic mass is 35.5. The van der Waals surface area contributed by atoms with Crippen LogP contribution < -0.4 is 9.80 Å². The zero-order valence-electron chi connectivity index (χ0n) is 12.9. The molecule has 1 unspecified atom stereocenters. The van der Waals surface area contributed by atoms with Crippen molar-refractivity contribution in [2.45, 2.75) is 33.2 Å². The minimum absolute atomic E-state index is 0.253. The molecule has 1 aromatic rings. The molecule has 1 aromatic heterocycles. The van der Waals surface area contributed by atoms with Gasteiger partial charge in [0.1, 0.15) is 0 Å². The van der Waals surface area contributed by atoms with Gasteiger partial charge in [-0.15, -0.1) is 0 Å². The first kappa shape index (κ1) is 17.3. The molecule has 0 aliphatic rings. The van der Waals surface area contributed by atoms with Crippen molar-refractivity contribution < 1.29 is 0 Å². The highest BCUT2D eigenvalue weighted by Crippen LogP contribution is 2.19. The summed E-state index contributed by atoms with van der Waals surface area (Å²) in [5.41, 5.74) is 0. The zero-order chi connectivity index (χ0) is 15.1. The first-order valence-electron chi connectivity index (χ1n) is 6.95. The predicted octanol–water partition coefficient (Wildman–Crippen LogP) is 2.95. The van der Waals surface area contributed by atoms with Gasteiger partial charge >= 0.3 is 0 Å². The first-order valence-corrected chi connectivity index (χ1v) is 8.72.